The molecule has 0 radical (unpaired) electrons. The van der Waals surface area contributed by atoms with Gasteiger partial charge in [-0.1, -0.05) is 26.0 Å². The number of methoxy groups -OCH3 is 1. The van der Waals surface area contributed by atoms with Gasteiger partial charge in [0.15, 0.2) is 11.8 Å². The van der Waals surface area contributed by atoms with Crippen LogP contribution < -0.4 is 9.64 Å². The van der Waals surface area contributed by atoms with E-state index < -0.39 is 0 Å². The summed E-state index contributed by atoms with van der Waals surface area (Å²) >= 11 is 0. The van der Waals surface area contributed by atoms with Crippen LogP contribution in [0.5, 0.6) is 5.75 Å². The van der Waals surface area contributed by atoms with E-state index in [0.717, 1.165) is 30.4 Å². The summed E-state index contributed by atoms with van der Waals surface area (Å²) in [6, 6.07) is 12.3. The predicted molar refractivity (Wildman–Crippen MR) is 110 cm³/mol. The van der Waals surface area contributed by atoms with Gasteiger partial charge in [0.1, 0.15) is 18.8 Å². The number of rotatable bonds is 8. The molecule has 0 fully saturated rings. The largest absolute Gasteiger partial charge is 0.497 e. The fourth-order valence-electron chi connectivity index (χ4n) is 3.78. The number of tetrazole rings is 1. The molecule has 0 saturated heterocycles. The molecule has 0 aliphatic carbocycles. The first kappa shape index (κ1) is 21.0. The quantitative estimate of drug-likeness (QED) is 0.632. The third-order valence-corrected chi connectivity index (χ3v) is 5.06. The van der Waals surface area contributed by atoms with Crippen LogP contribution in [0.4, 0.5) is 0 Å². The average Bonchev–Trinajstić information content (AvgIpc) is 3.33. The molecule has 29 heavy (non-hydrogen) atoms. The van der Waals surface area contributed by atoms with E-state index >= 15 is 0 Å². The summed E-state index contributed by atoms with van der Waals surface area (Å²) in [5, 5.41) is 12.8. The SMILES string of the molecule is COc1cccc(C[NH+](Cc2ccco2)[C@@H](c2nnnn2C(C)(C)C)C(C)C)c1. The smallest absolute Gasteiger partial charge is 0.210 e. The van der Waals surface area contributed by atoms with Crippen molar-refractivity contribution in [2.45, 2.75) is 59.3 Å². The highest BCUT2D eigenvalue weighted by atomic mass is 16.5. The number of furan rings is 1. The molecule has 0 aliphatic heterocycles. The molecule has 1 unspecified atom stereocenters. The Morgan fingerprint density at radius 1 is 1.14 bits per heavy atom. The van der Waals surface area contributed by atoms with Crippen molar-refractivity contribution < 1.29 is 14.1 Å². The summed E-state index contributed by atoms with van der Waals surface area (Å²) in [6.45, 7) is 12.4. The van der Waals surface area contributed by atoms with Gasteiger partial charge in [-0.2, -0.15) is 0 Å². The molecule has 1 aromatic carbocycles. The molecule has 0 bridgehead atoms. The minimum Gasteiger partial charge on any atom is -0.497 e. The van der Waals surface area contributed by atoms with Crippen LogP contribution in [-0.4, -0.2) is 27.3 Å². The van der Waals surface area contributed by atoms with Gasteiger partial charge in [-0.25, -0.2) is 4.68 Å². The van der Waals surface area contributed by atoms with Crippen molar-refractivity contribution in [2.24, 2.45) is 5.92 Å². The van der Waals surface area contributed by atoms with E-state index in [9.17, 15) is 0 Å². The van der Waals surface area contributed by atoms with E-state index in [0.29, 0.717) is 5.92 Å². The standard InChI is InChI=1S/C22H31N5O2/c1-16(2)20(21-23-24-25-27(21)22(3,4)5)26(15-19-11-8-12-29-19)14-17-9-7-10-18(13-17)28-6/h7-13,16,20H,14-15H2,1-6H3/p+1/t20-/m1/s1. The molecular weight excluding hydrogens is 366 g/mol. The van der Waals surface area contributed by atoms with E-state index in [1.165, 1.54) is 10.5 Å². The lowest BCUT2D eigenvalue weighted by atomic mass is 9.99. The lowest BCUT2D eigenvalue weighted by Crippen LogP contribution is -3.10. The topological polar surface area (TPSA) is 70.4 Å². The highest BCUT2D eigenvalue weighted by molar-refractivity contribution is 5.27. The Hall–Kier alpha value is -2.67. The van der Waals surface area contributed by atoms with Crippen LogP contribution in [0.2, 0.25) is 0 Å². The van der Waals surface area contributed by atoms with Crippen molar-refractivity contribution in [1.29, 1.82) is 0 Å². The number of benzene rings is 1. The van der Waals surface area contributed by atoms with Crippen LogP contribution in [0.25, 0.3) is 0 Å². The number of aromatic nitrogens is 4. The van der Waals surface area contributed by atoms with E-state index in [2.05, 4.69) is 62.3 Å². The summed E-state index contributed by atoms with van der Waals surface area (Å²) in [5.41, 5.74) is 1.00. The molecule has 2 aromatic heterocycles. The van der Waals surface area contributed by atoms with Gasteiger partial charge in [0, 0.05) is 11.5 Å². The number of hydrogen-bond acceptors (Lipinski definition) is 5. The van der Waals surface area contributed by atoms with Crippen molar-refractivity contribution in [2.75, 3.05) is 7.11 Å². The first-order valence-electron chi connectivity index (χ1n) is 10.1. The van der Waals surface area contributed by atoms with Crippen LogP contribution >= 0.6 is 0 Å². The Labute approximate surface area is 172 Å². The van der Waals surface area contributed by atoms with Crippen molar-refractivity contribution in [3.8, 4) is 5.75 Å². The number of nitrogens with zero attached hydrogens (tertiary/aromatic N) is 4. The first-order valence-corrected chi connectivity index (χ1v) is 10.1. The summed E-state index contributed by atoms with van der Waals surface area (Å²) in [4.78, 5) is 1.32. The molecule has 7 heteroatoms. The summed E-state index contributed by atoms with van der Waals surface area (Å²) < 4.78 is 13.1. The van der Waals surface area contributed by atoms with Gasteiger partial charge in [0.2, 0.25) is 5.82 Å². The van der Waals surface area contributed by atoms with E-state index in [1.54, 1.807) is 13.4 Å². The van der Waals surface area contributed by atoms with Crippen molar-refractivity contribution >= 4 is 0 Å². The van der Waals surface area contributed by atoms with Gasteiger partial charge in [0.05, 0.1) is 18.9 Å². The second-order valence-corrected chi connectivity index (χ2v) is 8.78. The van der Waals surface area contributed by atoms with Crippen molar-refractivity contribution in [1.82, 2.24) is 20.2 Å². The van der Waals surface area contributed by atoms with Gasteiger partial charge >= 0.3 is 0 Å². The molecule has 0 saturated carbocycles. The van der Waals surface area contributed by atoms with Gasteiger partial charge in [-0.05, 0) is 55.5 Å². The molecule has 1 N–H and O–H groups in total. The van der Waals surface area contributed by atoms with Crippen LogP contribution in [0, 0.1) is 5.92 Å². The molecule has 0 amide bonds. The minimum absolute atomic E-state index is 0.0977. The maximum Gasteiger partial charge on any atom is 0.210 e. The zero-order valence-corrected chi connectivity index (χ0v) is 18.2. The summed E-state index contributed by atoms with van der Waals surface area (Å²) in [7, 11) is 1.70. The Bertz CT molecular complexity index is 896. The number of quaternary nitrogens is 1. The third kappa shape index (κ3) is 5.03. The van der Waals surface area contributed by atoms with Gasteiger partial charge in [-0.15, -0.1) is 5.10 Å². The molecule has 156 valence electrons. The Morgan fingerprint density at radius 2 is 1.93 bits per heavy atom. The molecule has 2 atom stereocenters. The zero-order valence-electron chi connectivity index (χ0n) is 18.2. The second kappa shape index (κ2) is 8.78. The molecule has 0 aliphatic rings. The Kier molecular flexibility index (Phi) is 6.37. The lowest BCUT2D eigenvalue weighted by molar-refractivity contribution is -0.963. The fourth-order valence-corrected chi connectivity index (χ4v) is 3.78. The highest BCUT2D eigenvalue weighted by Gasteiger charge is 2.36. The Morgan fingerprint density at radius 3 is 2.55 bits per heavy atom. The van der Waals surface area contributed by atoms with Crippen molar-refractivity contribution in [3.63, 3.8) is 0 Å². The second-order valence-electron chi connectivity index (χ2n) is 8.78. The third-order valence-electron chi connectivity index (χ3n) is 5.06. The normalized spacial score (nSPS) is 14.2. The van der Waals surface area contributed by atoms with E-state index in [-0.39, 0.29) is 11.6 Å². The van der Waals surface area contributed by atoms with Crippen LogP contribution in [0.1, 0.15) is 57.8 Å². The maximum atomic E-state index is 5.69. The molecule has 3 aromatic rings. The monoisotopic (exact) mass is 398 g/mol. The number of nitrogens with one attached hydrogen (secondary N) is 1. The Balaban J connectivity index is 2.01. The first-order chi connectivity index (χ1) is 13.8. The highest BCUT2D eigenvalue weighted by Crippen LogP contribution is 2.23. The predicted octanol–water partition coefficient (Wildman–Crippen LogP) is 3.01. The minimum atomic E-state index is -0.197. The summed E-state index contributed by atoms with van der Waals surface area (Å²) in [5.74, 6) is 3.04. The fraction of sp³-hybridized carbons (Fsp3) is 0.500. The van der Waals surface area contributed by atoms with Gasteiger partial charge in [-0.3, -0.25) is 0 Å². The molecular formula is C22H32N5O2+. The van der Waals surface area contributed by atoms with E-state index in [4.69, 9.17) is 9.15 Å². The van der Waals surface area contributed by atoms with Crippen LogP contribution in [0.15, 0.2) is 47.1 Å². The van der Waals surface area contributed by atoms with Gasteiger partial charge < -0.3 is 14.1 Å². The maximum absolute atomic E-state index is 5.69. The molecule has 3 rings (SSSR count). The average molecular weight is 399 g/mol. The van der Waals surface area contributed by atoms with E-state index in [1.807, 2.05) is 28.9 Å². The van der Waals surface area contributed by atoms with Crippen LogP contribution in [-0.2, 0) is 18.6 Å². The molecule has 7 nitrogen and oxygen atoms in total. The zero-order chi connectivity index (χ0) is 21.0. The van der Waals surface area contributed by atoms with Gasteiger partial charge in [0.25, 0.3) is 0 Å². The lowest BCUT2D eigenvalue weighted by Gasteiger charge is -2.32. The van der Waals surface area contributed by atoms with Crippen LogP contribution in [0.3, 0.4) is 0 Å². The number of ether oxygens (including phenoxy) is 1. The molecule has 0 spiro atoms. The summed E-state index contributed by atoms with van der Waals surface area (Å²) in [6.07, 6.45) is 1.72. The van der Waals surface area contributed by atoms with Crippen molar-refractivity contribution in [3.05, 3.63) is 59.8 Å². The molecule has 2 heterocycles. The number of hydrogen-bond donors (Lipinski definition) is 1.